The van der Waals surface area contributed by atoms with Crippen molar-refractivity contribution in [3.8, 4) is 33.9 Å². The number of aryl methyl sites for hydroxylation is 1. The van der Waals surface area contributed by atoms with Crippen LogP contribution in [0.4, 0.5) is 4.39 Å². The highest BCUT2D eigenvalue weighted by molar-refractivity contribution is 7.90. The monoisotopic (exact) mass is 569 g/mol. The Kier molecular flexibility index (Phi) is 6.84. The number of nitrogens with zero attached hydrogens (tertiary/aromatic N) is 5. The number of aromatic nitrogens is 6. The number of imidazole rings is 1. The van der Waals surface area contributed by atoms with E-state index in [2.05, 4.69) is 31.1 Å². The first-order valence-corrected chi connectivity index (χ1v) is 15.1. The van der Waals surface area contributed by atoms with Crippen molar-refractivity contribution in [1.82, 2.24) is 35.0 Å². The molecule has 0 atom stereocenters. The molecule has 2 aromatic carbocycles. The molecule has 4 aromatic heterocycles. The molecule has 6 rings (SSSR count). The molecule has 6 aromatic rings. The minimum absolute atomic E-state index is 0.0517. The van der Waals surface area contributed by atoms with Crippen LogP contribution in [0.2, 0.25) is 0 Å². The fourth-order valence-corrected chi connectivity index (χ4v) is 5.54. The average Bonchev–Trinajstić information content (AvgIpc) is 3.54. The van der Waals surface area contributed by atoms with Crippen molar-refractivity contribution >= 4 is 31.9 Å². The number of H-pyrrole nitrogens is 2. The van der Waals surface area contributed by atoms with Gasteiger partial charge in [-0.15, -0.1) is 0 Å². The number of rotatable bonds is 8. The van der Waals surface area contributed by atoms with Crippen LogP contribution in [-0.4, -0.2) is 69.6 Å². The van der Waals surface area contributed by atoms with E-state index in [1.807, 2.05) is 56.7 Å². The van der Waals surface area contributed by atoms with Gasteiger partial charge >= 0.3 is 0 Å². The molecular formula is C30H28FN7O2S. The lowest BCUT2D eigenvalue weighted by molar-refractivity contribution is 0.402. The molecule has 41 heavy (non-hydrogen) atoms. The number of para-hydroxylation sites is 1. The van der Waals surface area contributed by atoms with Gasteiger partial charge < -0.3 is 9.88 Å². The van der Waals surface area contributed by atoms with E-state index in [-0.39, 0.29) is 12.2 Å². The lowest BCUT2D eigenvalue weighted by Crippen LogP contribution is -2.10. The van der Waals surface area contributed by atoms with E-state index in [0.717, 1.165) is 40.0 Å². The molecule has 0 radical (unpaired) electrons. The SMILES string of the molecule is CN(C)Cc1cncc(-c2ccc3[nH]nc(-c4nc5c(-c6cc(F)cc(CCS(C)(=O)=O)c6)cccc5[nH]4)c3n2)c1. The standard InChI is InChI=1S/C30H28FN7O2S/c1-38(2)17-19-12-21(16-32-15-19)24-7-8-26-28(33-24)29(37-36-26)30-34-25-6-4-5-23(27(25)35-30)20-11-18(13-22(31)14-20)9-10-41(3,39)40/h4-8,11-16H,9-10,17H2,1-3H3,(H,34,35)(H,36,37). The molecule has 0 fully saturated rings. The van der Waals surface area contributed by atoms with Gasteiger partial charge in [-0.2, -0.15) is 5.10 Å². The maximum Gasteiger partial charge on any atom is 0.161 e. The molecule has 0 saturated heterocycles. The van der Waals surface area contributed by atoms with Crippen LogP contribution in [0.1, 0.15) is 11.1 Å². The number of pyridine rings is 2. The van der Waals surface area contributed by atoms with E-state index in [1.54, 1.807) is 6.20 Å². The van der Waals surface area contributed by atoms with Gasteiger partial charge in [0.1, 0.15) is 21.2 Å². The van der Waals surface area contributed by atoms with Crippen LogP contribution in [0.5, 0.6) is 0 Å². The van der Waals surface area contributed by atoms with Gasteiger partial charge in [0, 0.05) is 36.3 Å². The number of aromatic amines is 2. The van der Waals surface area contributed by atoms with E-state index in [9.17, 15) is 12.8 Å². The third-order valence-corrected chi connectivity index (χ3v) is 7.71. The van der Waals surface area contributed by atoms with Crippen LogP contribution < -0.4 is 0 Å². The zero-order valence-corrected chi connectivity index (χ0v) is 23.6. The van der Waals surface area contributed by atoms with Crippen LogP contribution >= 0.6 is 0 Å². The number of benzene rings is 2. The zero-order valence-electron chi connectivity index (χ0n) is 22.8. The van der Waals surface area contributed by atoms with E-state index in [1.165, 1.54) is 18.4 Å². The van der Waals surface area contributed by atoms with Crippen LogP contribution in [0, 0.1) is 5.82 Å². The number of halogens is 1. The number of hydrogen-bond donors (Lipinski definition) is 2. The molecule has 0 bridgehead atoms. The van der Waals surface area contributed by atoms with E-state index < -0.39 is 15.7 Å². The highest BCUT2D eigenvalue weighted by Crippen LogP contribution is 2.33. The summed E-state index contributed by atoms with van der Waals surface area (Å²) >= 11 is 0. The fraction of sp³-hybridized carbons (Fsp3) is 0.200. The molecule has 11 heteroatoms. The predicted molar refractivity (Wildman–Crippen MR) is 158 cm³/mol. The van der Waals surface area contributed by atoms with Gasteiger partial charge in [-0.3, -0.25) is 10.1 Å². The Bertz CT molecular complexity index is 2010. The Balaban J connectivity index is 1.40. The fourth-order valence-electron chi connectivity index (χ4n) is 4.93. The maximum atomic E-state index is 14.6. The summed E-state index contributed by atoms with van der Waals surface area (Å²) in [6, 6.07) is 16.2. The number of hydrogen-bond acceptors (Lipinski definition) is 7. The van der Waals surface area contributed by atoms with Gasteiger partial charge in [0.15, 0.2) is 11.5 Å². The number of fused-ring (bicyclic) bond motifs is 2. The van der Waals surface area contributed by atoms with Crippen molar-refractivity contribution in [2.45, 2.75) is 13.0 Å². The Morgan fingerprint density at radius 1 is 0.902 bits per heavy atom. The Labute approximate surface area is 236 Å². The highest BCUT2D eigenvalue weighted by Gasteiger charge is 2.18. The van der Waals surface area contributed by atoms with Crippen molar-refractivity contribution < 1.29 is 12.8 Å². The summed E-state index contributed by atoms with van der Waals surface area (Å²) in [7, 11) is 0.851. The molecule has 2 N–H and O–H groups in total. The summed E-state index contributed by atoms with van der Waals surface area (Å²) in [6.45, 7) is 0.770. The zero-order chi connectivity index (χ0) is 28.7. The first-order valence-electron chi connectivity index (χ1n) is 13.0. The second-order valence-corrected chi connectivity index (χ2v) is 12.8. The van der Waals surface area contributed by atoms with Crippen molar-refractivity contribution in [3.05, 3.63) is 83.9 Å². The minimum atomic E-state index is -3.18. The predicted octanol–water partition coefficient (Wildman–Crippen LogP) is 5.02. The molecule has 0 aliphatic heterocycles. The average molecular weight is 570 g/mol. The van der Waals surface area contributed by atoms with Crippen LogP contribution in [0.25, 0.3) is 56.0 Å². The summed E-state index contributed by atoms with van der Waals surface area (Å²) in [4.78, 5) is 19.6. The van der Waals surface area contributed by atoms with Crippen molar-refractivity contribution in [2.75, 3.05) is 26.1 Å². The maximum absolute atomic E-state index is 14.6. The van der Waals surface area contributed by atoms with Gasteiger partial charge in [0.05, 0.1) is 28.0 Å². The molecule has 0 aliphatic rings. The topological polar surface area (TPSA) is 121 Å². The van der Waals surface area contributed by atoms with Gasteiger partial charge in [0.2, 0.25) is 0 Å². The second kappa shape index (κ2) is 10.5. The van der Waals surface area contributed by atoms with Gasteiger partial charge in [-0.05, 0) is 73.6 Å². The van der Waals surface area contributed by atoms with Crippen LogP contribution in [0.3, 0.4) is 0 Å². The minimum Gasteiger partial charge on any atom is -0.336 e. The normalized spacial score (nSPS) is 12.1. The van der Waals surface area contributed by atoms with Crippen molar-refractivity contribution in [1.29, 1.82) is 0 Å². The Hall–Kier alpha value is -4.48. The largest absolute Gasteiger partial charge is 0.336 e. The van der Waals surface area contributed by atoms with Crippen molar-refractivity contribution in [2.24, 2.45) is 0 Å². The molecule has 0 aliphatic carbocycles. The summed E-state index contributed by atoms with van der Waals surface area (Å²) < 4.78 is 37.9. The molecule has 4 heterocycles. The second-order valence-electron chi connectivity index (χ2n) is 10.5. The van der Waals surface area contributed by atoms with E-state index in [4.69, 9.17) is 9.97 Å². The quantitative estimate of drug-likeness (QED) is 0.264. The first-order chi connectivity index (χ1) is 19.6. The lowest BCUT2D eigenvalue weighted by Gasteiger charge is -2.10. The highest BCUT2D eigenvalue weighted by atomic mass is 32.2. The first kappa shape index (κ1) is 26.7. The van der Waals surface area contributed by atoms with E-state index in [0.29, 0.717) is 33.7 Å². The smallest absolute Gasteiger partial charge is 0.161 e. The third-order valence-electron chi connectivity index (χ3n) is 6.76. The van der Waals surface area contributed by atoms with Crippen molar-refractivity contribution in [3.63, 3.8) is 0 Å². The Morgan fingerprint density at radius 3 is 2.54 bits per heavy atom. The summed E-state index contributed by atoms with van der Waals surface area (Å²) in [5.41, 5.74) is 8.11. The lowest BCUT2D eigenvalue weighted by atomic mass is 10.0. The van der Waals surface area contributed by atoms with Crippen LogP contribution in [0.15, 0.2) is 67.0 Å². The molecule has 0 spiro atoms. The molecule has 0 unspecified atom stereocenters. The van der Waals surface area contributed by atoms with Crippen LogP contribution in [-0.2, 0) is 22.8 Å². The van der Waals surface area contributed by atoms with Gasteiger partial charge in [-0.1, -0.05) is 18.2 Å². The van der Waals surface area contributed by atoms with E-state index >= 15 is 0 Å². The summed E-state index contributed by atoms with van der Waals surface area (Å²) in [6.07, 6.45) is 5.05. The summed E-state index contributed by atoms with van der Waals surface area (Å²) in [5, 5.41) is 7.55. The third kappa shape index (κ3) is 5.72. The Morgan fingerprint density at radius 2 is 1.73 bits per heavy atom. The van der Waals surface area contributed by atoms with Gasteiger partial charge in [-0.25, -0.2) is 22.8 Å². The molecule has 9 nitrogen and oxygen atoms in total. The van der Waals surface area contributed by atoms with Gasteiger partial charge in [0.25, 0.3) is 0 Å². The number of sulfone groups is 1. The molecular weight excluding hydrogens is 541 g/mol. The summed E-state index contributed by atoms with van der Waals surface area (Å²) in [5.74, 6) is 0.0404. The molecule has 208 valence electrons. The molecule has 0 saturated carbocycles. The molecule has 0 amide bonds. The number of nitrogens with one attached hydrogen (secondary N) is 2.